The van der Waals surface area contributed by atoms with Gasteiger partial charge in [-0.2, -0.15) is 4.98 Å². The number of hydrogen-bond acceptors (Lipinski definition) is 5. The summed E-state index contributed by atoms with van der Waals surface area (Å²) in [5, 5.41) is 8.19. The maximum absolute atomic E-state index is 13.1. The molecule has 2 aromatic carbocycles. The van der Waals surface area contributed by atoms with Crippen LogP contribution in [0.5, 0.6) is 0 Å². The van der Waals surface area contributed by atoms with Crippen molar-refractivity contribution in [3.05, 3.63) is 83.4 Å². The molecule has 7 heteroatoms. The second kappa shape index (κ2) is 7.69. The maximum Gasteiger partial charge on any atom is 0.260 e. The fourth-order valence-electron chi connectivity index (χ4n) is 5.23. The number of allylic oxidation sites excluding steroid dienone is 2. The van der Waals surface area contributed by atoms with E-state index in [-0.39, 0.29) is 41.7 Å². The highest BCUT2D eigenvalue weighted by Gasteiger charge is 2.49. The van der Waals surface area contributed by atoms with Crippen LogP contribution in [-0.4, -0.2) is 26.6 Å². The van der Waals surface area contributed by atoms with Gasteiger partial charge in [-0.05, 0) is 37.3 Å². The van der Waals surface area contributed by atoms with Gasteiger partial charge in [0.15, 0.2) is 0 Å². The lowest BCUT2D eigenvalue weighted by Gasteiger charge is -2.31. The quantitative estimate of drug-likeness (QED) is 0.489. The Labute approximate surface area is 192 Å². The SMILES string of the molecule is Cc1ccc([C@@H]2C[C@H](c3ccccc3)n3nc(N4C(=O)[C@@H]5CC=CC[C@H]5C4=O)nc3N2)cc1. The number of hydrogen-bond donors (Lipinski definition) is 1. The maximum atomic E-state index is 13.1. The highest BCUT2D eigenvalue weighted by atomic mass is 16.2. The Morgan fingerprint density at radius 1 is 0.879 bits per heavy atom. The molecule has 0 radical (unpaired) electrons. The number of aryl methyl sites for hydroxylation is 1. The first-order valence-electron chi connectivity index (χ1n) is 11.5. The van der Waals surface area contributed by atoms with Gasteiger partial charge in [0.1, 0.15) is 0 Å². The van der Waals surface area contributed by atoms with Crippen LogP contribution in [0, 0.1) is 18.8 Å². The molecule has 2 amide bonds. The highest BCUT2D eigenvalue weighted by Crippen LogP contribution is 2.41. The molecule has 7 nitrogen and oxygen atoms in total. The van der Waals surface area contributed by atoms with Gasteiger partial charge in [0.05, 0.1) is 23.9 Å². The van der Waals surface area contributed by atoms with Crippen LogP contribution in [0.1, 0.15) is 48.0 Å². The summed E-state index contributed by atoms with van der Waals surface area (Å²) >= 11 is 0. The topological polar surface area (TPSA) is 80.1 Å². The van der Waals surface area contributed by atoms with Crippen molar-refractivity contribution in [1.29, 1.82) is 0 Å². The van der Waals surface area contributed by atoms with E-state index in [4.69, 9.17) is 5.10 Å². The average Bonchev–Trinajstić information content (AvgIpc) is 3.38. The van der Waals surface area contributed by atoms with Crippen LogP contribution in [0.25, 0.3) is 0 Å². The Morgan fingerprint density at radius 2 is 1.55 bits per heavy atom. The minimum absolute atomic E-state index is 0.0390. The Kier molecular flexibility index (Phi) is 4.64. The fraction of sp³-hybridized carbons (Fsp3) is 0.308. The number of aromatic nitrogens is 3. The number of fused-ring (bicyclic) bond motifs is 2. The molecule has 3 aromatic rings. The van der Waals surface area contributed by atoms with Crippen molar-refractivity contribution in [3.8, 4) is 0 Å². The lowest BCUT2D eigenvalue weighted by molar-refractivity contribution is -0.122. The molecule has 0 unspecified atom stereocenters. The number of anilines is 2. The number of benzene rings is 2. The van der Waals surface area contributed by atoms with Crippen LogP contribution in [0.4, 0.5) is 11.9 Å². The summed E-state index contributed by atoms with van der Waals surface area (Å²) in [7, 11) is 0. The van der Waals surface area contributed by atoms with Gasteiger partial charge in [0.2, 0.25) is 17.8 Å². The zero-order valence-electron chi connectivity index (χ0n) is 18.4. The van der Waals surface area contributed by atoms with E-state index < -0.39 is 0 Å². The van der Waals surface area contributed by atoms with E-state index in [9.17, 15) is 9.59 Å². The van der Waals surface area contributed by atoms with Crippen LogP contribution in [0.15, 0.2) is 66.7 Å². The molecule has 0 saturated carbocycles. The number of imide groups is 1. The highest BCUT2D eigenvalue weighted by molar-refractivity contribution is 6.21. The first-order chi connectivity index (χ1) is 16.1. The zero-order chi connectivity index (χ0) is 22.5. The normalized spacial score (nSPS) is 26.2. The molecule has 3 heterocycles. The molecule has 1 saturated heterocycles. The molecular weight excluding hydrogens is 414 g/mol. The Balaban J connectivity index is 1.40. The molecular formula is C26H25N5O2. The van der Waals surface area contributed by atoms with Crippen molar-refractivity contribution in [2.45, 2.75) is 38.3 Å². The molecule has 4 atom stereocenters. The number of carbonyl (C=O) groups is 2. The van der Waals surface area contributed by atoms with Crippen molar-refractivity contribution in [2.75, 3.05) is 10.2 Å². The third-order valence-corrected chi connectivity index (χ3v) is 7.05. The van der Waals surface area contributed by atoms with Gasteiger partial charge in [-0.25, -0.2) is 9.58 Å². The van der Waals surface area contributed by atoms with E-state index in [0.29, 0.717) is 18.8 Å². The van der Waals surface area contributed by atoms with Crippen molar-refractivity contribution in [1.82, 2.24) is 14.8 Å². The summed E-state index contributed by atoms with van der Waals surface area (Å²) in [6, 6.07) is 18.6. The smallest absolute Gasteiger partial charge is 0.260 e. The molecule has 0 bridgehead atoms. The molecule has 3 aliphatic rings. The van der Waals surface area contributed by atoms with E-state index in [0.717, 1.165) is 12.0 Å². The van der Waals surface area contributed by atoms with E-state index in [1.165, 1.54) is 16.0 Å². The van der Waals surface area contributed by atoms with Crippen LogP contribution in [-0.2, 0) is 9.59 Å². The van der Waals surface area contributed by atoms with Crippen LogP contribution >= 0.6 is 0 Å². The van der Waals surface area contributed by atoms with Gasteiger partial charge in [0, 0.05) is 0 Å². The number of nitrogens with zero attached hydrogens (tertiary/aromatic N) is 4. The third-order valence-electron chi connectivity index (χ3n) is 7.05. The standard InChI is InChI=1S/C26H25N5O2/c1-16-11-13-17(14-12-16)21-15-22(18-7-3-2-4-8-18)31-25(27-21)28-26(29-31)30-23(32)19-9-5-6-10-20(19)24(30)33/h2-8,11-14,19-22H,9-10,15H2,1H3,(H,27,28,29)/t19-,20-,21+,22-/m1/s1. The van der Waals surface area contributed by atoms with E-state index in [1.807, 2.05) is 35.0 Å². The van der Waals surface area contributed by atoms with Crippen molar-refractivity contribution >= 4 is 23.7 Å². The van der Waals surface area contributed by atoms with Crippen molar-refractivity contribution < 1.29 is 9.59 Å². The third kappa shape index (κ3) is 3.26. The summed E-state index contributed by atoms with van der Waals surface area (Å²) in [6.07, 6.45) is 5.95. The molecule has 0 spiro atoms. The largest absolute Gasteiger partial charge is 0.347 e. The Hall–Kier alpha value is -3.74. The second-order valence-corrected chi connectivity index (χ2v) is 9.12. The number of rotatable bonds is 3. The van der Waals surface area contributed by atoms with Gasteiger partial charge < -0.3 is 5.32 Å². The second-order valence-electron chi connectivity index (χ2n) is 9.12. The summed E-state index contributed by atoms with van der Waals surface area (Å²) in [4.78, 5) is 32.1. The molecule has 166 valence electrons. The van der Waals surface area contributed by atoms with Gasteiger partial charge >= 0.3 is 0 Å². The monoisotopic (exact) mass is 439 g/mol. The summed E-state index contributed by atoms with van der Waals surface area (Å²) in [5.41, 5.74) is 3.50. The molecule has 1 fully saturated rings. The Bertz CT molecular complexity index is 1220. The van der Waals surface area contributed by atoms with Crippen LogP contribution < -0.4 is 10.2 Å². The van der Waals surface area contributed by atoms with Crippen LogP contribution in [0.2, 0.25) is 0 Å². The van der Waals surface area contributed by atoms with Crippen molar-refractivity contribution in [2.24, 2.45) is 11.8 Å². The summed E-state index contributed by atoms with van der Waals surface area (Å²) < 4.78 is 1.83. The first kappa shape index (κ1) is 19.9. The predicted octanol–water partition coefficient (Wildman–Crippen LogP) is 4.19. The summed E-state index contributed by atoms with van der Waals surface area (Å²) in [6.45, 7) is 2.07. The predicted molar refractivity (Wildman–Crippen MR) is 125 cm³/mol. The van der Waals surface area contributed by atoms with Gasteiger partial charge in [-0.1, -0.05) is 72.3 Å². The summed E-state index contributed by atoms with van der Waals surface area (Å²) in [5.74, 6) is -0.244. The average molecular weight is 440 g/mol. The Morgan fingerprint density at radius 3 is 2.21 bits per heavy atom. The fourth-order valence-corrected chi connectivity index (χ4v) is 5.23. The lowest BCUT2D eigenvalue weighted by atomic mass is 9.85. The van der Waals surface area contributed by atoms with Crippen LogP contribution in [0.3, 0.4) is 0 Å². The van der Waals surface area contributed by atoms with E-state index in [2.05, 4.69) is 53.6 Å². The number of carbonyl (C=O) groups excluding carboxylic acids is 2. The molecule has 33 heavy (non-hydrogen) atoms. The minimum atomic E-state index is -0.304. The van der Waals surface area contributed by atoms with Gasteiger partial charge in [-0.3, -0.25) is 9.59 Å². The number of nitrogens with one attached hydrogen (secondary N) is 1. The molecule has 6 rings (SSSR count). The molecule has 1 N–H and O–H groups in total. The molecule has 2 aliphatic heterocycles. The molecule has 1 aromatic heterocycles. The zero-order valence-corrected chi connectivity index (χ0v) is 18.4. The molecule has 1 aliphatic carbocycles. The van der Waals surface area contributed by atoms with E-state index >= 15 is 0 Å². The van der Waals surface area contributed by atoms with Gasteiger partial charge in [-0.15, -0.1) is 5.10 Å². The number of amides is 2. The minimum Gasteiger partial charge on any atom is -0.347 e. The van der Waals surface area contributed by atoms with E-state index in [1.54, 1.807) is 0 Å². The lowest BCUT2D eigenvalue weighted by Crippen LogP contribution is -2.32. The first-order valence-corrected chi connectivity index (χ1v) is 11.5. The van der Waals surface area contributed by atoms with Gasteiger partial charge in [0.25, 0.3) is 5.95 Å². The van der Waals surface area contributed by atoms with Crippen molar-refractivity contribution in [3.63, 3.8) is 0 Å².